The third-order valence-electron chi connectivity index (χ3n) is 5.12. The summed E-state index contributed by atoms with van der Waals surface area (Å²) in [6.07, 6.45) is 4.80. The van der Waals surface area contributed by atoms with Crippen molar-refractivity contribution in [1.29, 1.82) is 5.26 Å². The minimum absolute atomic E-state index is 0.206. The molecule has 2 saturated carbocycles. The second-order valence-electron chi connectivity index (χ2n) is 6.74. The molecule has 0 saturated heterocycles. The summed E-state index contributed by atoms with van der Waals surface area (Å²) in [6, 6.07) is 7.50. The van der Waals surface area contributed by atoms with Gasteiger partial charge in [0.1, 0.15) is 5.75 Å². The topological polar surface area (TPSA) is 70.3 Å². The maximum Gasteiger partial charge on any atom is 0.335 e. The summed E-state index contributed by atoms with van der Waals surface area (Å²) in [6.45, 7) is 2.82. The van der Waals surface area contributed by atoms with Crippen molar-refractivity contribution in [3.63, 3.8) is 0 Å². The van der Waals surface area contributed by atoms with Crippen LogP contribution in [0.5, 0.6) is 5.75 Å². The Morgan fingerprint density at radius 1 is 1.41 bits per heavy atom. The molecule has 1 N–H and O–H groups in total. The molecule has 116 valence electrons. The first-order valence-corrected chi connectivity index (χ1v) is 7.97. The van der Waals surface area contributed by atoms with Crippen LogP contribution in [0.1, 0.15) is 54.9 Å². The van der Waals surface area contributed by atoms with Crippen molar-refractivity contribution in [2.45, 2.75) is 44.4 Å². The summed E-state index contributed by atoms with van der Waals surface area (Å²) in [5, 5.41) is 18.9. The van der Waals surface area contributed by atoms with E-state index in [4.69, 9.17) is 4.74 Å². The first kappa shape index (κ1) is 14.9. The first-order valence-electron chi connectivity index (χ1n) is 7.97. The van der Waals surface area contributed by atoms with Gasteiger partial charge in [-0.25, -0.2) is 4.79 Å². The number of hydrogen-bond donors (Lipinski definition) is 1. The Labute approximate surface area is 130 Å². The summed E-state index contributed by atoms with van der Waals surface area (Å²) in [5.41, 5.74) is 0.459. The van der Waals surface area contributed by atoms with Crippen molar-refractivity contribution in [3.05, 3.63) is 29.3 Å². The molecule has 3 rings (SSSR count). The van der Waals surface area contributed by atoms with E-state index in [0.717, 1.165) is 31.2 Å². The number of nitriles is 1. The number of nitrogens with zero attached hydrogens (tertiary/aromatic N) is 1. The molecule has 4 heteroatoms. The van der Waals surface area contributed by atoms with Crippen molar-refractivity contribution in [3.8, 4) is 11.8 Å². The molecule has 0 radical (unpaired) electrons. The van der Waals surface area contributed by atoms with Crippen LogP contribution in [-0.2, 0) is 5.41 Å². The highest BCUT2D eigenvalue weighted by atomic mass is 16.5. The summed E-state index contributed by atoms with van der Waals surface area (Å²) in [7, 11) is 0. The fourth-order valence-electron chi connectivity index (χ4n) is 3.36. The normalized spacial score (nSPS) is 25.5. The molecule has 0 aromatic heterocycles. The second-order valence-corrected chi connectivity index (χ2v) is 6.74. The van der Waals surface area contributed by atoms with Gasteiger partial charge in [0.2, 0.25) is 0 Å². The van der Waals surface area contributed by atoms with Crippen LogP contribution < -0.4 is 4.74 Å². The van der Waals surface area contributed by atoms with Gasteiger partial charge in [-0.2, -0.15) is 5.26 Å². The molecular weight excluding hydrogens is 278 g/mol. The first-order chi connectivity index (χ1) is 10.5. The zero-order chi connectivity index (χ0) is 15.7. The van der Waals surface area contributed by atoms with E-state index in [9.17, 15) is 15.2 Å². The van der Waals surface area contributed by atoms with Crippen LogP contribution in [-0.4, -0.2) is 17.7 Å². The lowest BCUT2D eigenvalue weighted by molar-refractivity contribution is 0.0696. The molecule has 4 nitrogen and oxygen atoms in total. The van der Waals surface area contributed by atoms with E-state index in [2.05, 4.69) is 13.0 Å². The van der Waals surface area contributed by atoms with Crippen molar-refractivity contribution >= 4 is 5.97 Å². The molecule has 2 atom stereocenters. The summed E-state index contributed by atoms with van der Waals surface area (Å²) < 4.78 is 5.81. The van der Waals surface area contributed by atoms with Gasteiger partial charge in [-0.05, 0) is 54.9 Å². The van der Waals surface area contributed by atoms with E-state index in [1.165, 1.54) is 6.42 Å². The van der Waals surface area contributed by atoms with E-state index >= 15 is 0 Å². The van der Waals surface area contributed by atoms with Crippen LogP contribution in [0.3, 0.4) is 0 Å². The Kier molecular flexibility index (Phi) is 3.82. The van der Waals surface area contributed by atoms with E-state index in [-0.39, 0.29) is 5.56 Å². The van der Waals surface area contributed by atoms with Crippen LogP contribution in [0, 0.1) is 23.2 Å². The number of hydrogen-bond acceptors (Lipinski definition) is 3. The van der Waals surface area contributed by atoms with E-state index in [1.807, 2.05) is 6.07 Å². The number of aromatic carboxylic acids is 1. The van der Waals surface area contributed by atoms with Crippen molar-refractivity contribution in [2.75, 3.05) is 6.61 Å². The van der Waals surface area contributed by atoms with E-state index in [0.29, 0.717) is 24.2 Å². The number of rotatable bonds is 5. The Balaban J connectivity index is 1.89. The fraction of sp³-hybridized carbons (Fsp3) is 0.556. The van der Waals surface area contributed by atoms with Crippen LogP contribution >= 0.6 is 0 Å². The highest BCUT2D eigenvalue weighted by molar-refractivity contribution is 5.88. The summed E-state index contributed by atoms with van der Waals surface area (Å²) in [5.74, 6) is 0.879. The average molecular weight is 299 g/mol. The Morgan fingerprint density at radius 3 is 2.64 bits per heavy atom. The summed E-state index contributed by atoms with van der Waals surface area (Å²) >= 11 is 0. The zero-order valence-corrected chi connectivity index (χ0v) is 12.8. The fourth-order valence-corrected chi connectivity index (χ4v) is 3.36. The molecule has 0 heterocycles. The molecular formula is C18H21NO3. The standard InChI is InChI=1S/C18H21NO3/c1-12-6-14(12)10-22-16-8-13(17(20)21)7-15(9-16)18(11-19)4-2-3-5-18/h7-9,12,14H,2-6,10H2,1H3,(H,20,21). The van der Waals surface area contributed by atoms with Crippen molar-refractivity contribution in [2.24, 2.45) is 11.8 Å². The number of ether oxygens (including phenoxy) is 1. The molecule has 2 aliphatic rings. The minimum Gasteiger partial charge on any atom is -0.493 e. The average Bonchev–Trinajstić information content (AvgIpc) is 3.02. The predicted molar refractivity (Wildman–Crippen MR) is 81.9 cm³/mol. The van der Waals surface area contributed by atoms with Crippen molar-refractivity contribution in [1.82, 2.24) is 0 Å². The van der Waals surface area contributed by atoms with Gasteiger partial charge in [-0.3, -0.25) is 0 Å². The second kappa shape index (κ2) is 5.64. The lowest BCUT2D eigenvalue weighted by atomic mass is 9.79. The lowest BCUT2D eigenvalue weighted by Crippen LogP contribution is -2.20. The predicted octanol–water partition coefficient (Wildman–Crippen LogP) is 3.75. The number of carbonyl (C=O) groups is 1. The number of carboxylic acids is 1. The van der Waals surface area contributed by atoms with E-state index in [1.54, 1.807) is 12.1 Å². The molecule has 0 spiro atoms. The van der Waals surface area contributed by atoms with Gasteiger partial charge in [0.05, 0.1) is 23.7 Å². The SMILES string of the molecule is CC1CC1COc1cc(C(=O)O)cc(C2(C#N)CCCC2)c1. The highest BCUT2D eigenvalue weighted by Crippen LogP contribution is 2.42. The van der Waals surface area contributed by atoms with Crippen LogP contribution in [0.15, 0.2) is 18.2 Å². The molecule has 0 aliphatic heterocycles. The van der Waals surface area contributed by atoms with Gasteiger partial charge < -0.3 is 9.84 Å². The third-order valence-corrected chi connectivity index (χ3v) is 5.12. The third kappa shape index (κ3) is 2.81. The Morgan fingerprint density at radius 2 is 2.09 bits per heavy atom. The molecule has 1 aromatic rings. The van der Waals surface area contributed by atoms with Gasteiger partial charge in [-0.15, -0.1) is 0 Å². The molecule has 22 heavy (non-hydrogen) atoms. The number of benzene rings is 1. The molecule has 2 unspecified atom stereocenters. The van der Waals surface area contributed by atoms with Crippen LogP contribution in [0.2, 0.25) is 0 Å². The van der Waals surface area contributed by atoms with Gasteiger partial charge in [-0.1, -0.05) is 19.8 Å². The smallest absolute Gasteiger partial charge is 0.335 e. The maximum atomic E-state index is 11.4. The summed E-state index contributed by atoms with van der Waals surface area (Å²) in [4.78, 5) is 11.4. The molecule has 0 amide bonds. The monoisotopic (exact) mass is 299 g/mol. The Bertz CT molecular complexity index is 626. The quantitative estimate of drug-likeness (QED) is 0.898. The molecule has 0 bridgehead atoms. The van der Waals surface area contributed by atoms with Gasteiger partial charge in [0.15, 0.2) is 0 Å². The van der Waals surface area contributed by atoms with Gasteiger partial charge in [0.25, 0.3) is 0 Å². The molecule has 2 aliphatic carbocycles. The van der Waals surface area contributed by atoms with Crippen LogP contribution in [0.4, 0.5) is 0 Å². The maximum absolute atomic E-state index is 11.4. The largest absolute Gasteiger partial charge is 0.493 e. The van der Waals surface area contributed by atoms with Crippen molar-refractivity contribution < 1.29 is 14.6 Å². The van der Waals surface area contributed by atoms with E-state index < -0.39 is 11.4 Å². The number of carboxylic acid groups (broad SMARTS) is 1. The van der Waals surface area contributed by atoms with Gasteiger partial charge in [0, 0.05) is 0 Å². The Hall–Kier alpha value is -2.02. The minimum atomic E-state index is -0.974. The molecule has 2 fully saturated rings. The zero-order valence-electron chi connectivity index (χ0n) is 12.8. The lowest BCUT2D eigenvalue weighted by Gasteiger charge is -2.22. The highest BCUT2D eigenvalue weighted by Gasteiger charge is 2.37. The van der Waals surface area contributed by atoms with Gasteiger partial charge >= 0.3 is 5.97 Å². The molecule has 1 aromatic carbocycles. The van der Waals surface area contributed by atoms with Crippen LogP contribution in [0.25, 0.3) is 0 Å².